The molecule has 1 aromatic heterocycles. The van der Waals surface area contributed by atoms with Crippen molar-refractivity contribution in [1.29, 1.82) is 0 Å². The molecule has 0 spiro atoms. The number of hydrogen-bond acceptors (Lipinski definition) is 9. The Morgan fingerprint density at radius 3 is 2.28 bits per heavy atom. The van der Waals surface area contributed by atoms with E-state index >= 15 is 0 Å². The van der Waals surface area contributed by atoms with Crippen LogP contribution in [0.15, 0.2) is 40.8 Å². The van der Waals surface area contributed by atoms with Gasteiger partial charge in [-0.25, -0.2) is 4.98 Å². The number of benzene rings is 1. The molecule has 3 amide bonds. The summed E-state index contributed by atoms with van der Waals surface area (Å²) in [5, 5.41) is 11.9. The summed E-state index contributed by atoms with van der Waals surface area (Å²) in [6.45, 7) is 17.3. The smallest absolute Gasteiger partial charge is 0.271 e. The number of amides is 3. The third-order valence-corrected chi connectivity index (χ3v) is 9.22. The van der Waals surface area contributed by atoms with Crippen LogP contribution in [-0.4, -0.2) is 71.8 Å². The number of carbonyl (C=O) groups excluding carboxylic acids is 3. The first-order chi connectivity index (χ1) is 23.9. The van der Waals surface area contributed by atoms with Crippen LogP contribution in [0.5, 0.6) is 0 Å². The molecule has 50 heavy (non-hydrogen) atoms. The maximum Gasteiger partial charge on any atom is 0.271 e. The normalized spacial score (nSPS) is 13.9. The van der Waals surface area contributed by atoms with Crippen LogP contribution in [0.2, 0.25) is 0 Å². The highest BCUT2D eigenvalue weighted by molar-refractivity contribution is 7.09. The lowest BCUT2D eigenvalue weighted by Crippen LogP contribution is -2.46. The molecule has 0 saturated heterocycles. The lowest BCUT2D eigenvalue weighted by atomic mass is 9.94. The van der Waals surface area contributed by atoms with E-state index in [2.05, 4.69) is 64.2 Å². The largest absolute Gasteiger partial charge is 0.384 e. The van der Waals surface area contributed by atoms with Gasteiger partial charge in [0.15, 0.2) is 0 Å². The van der Waals surface area contributed by atoms with Crippen molar-refractivity contribution < 1.29 is 19.1 Å². The Balaban J connectivity index is 0.00000122. The lowest BCUT2D eigenvalue weighted by Gasteiger charge is -2.37. The Hall–Kier alpha value is -3.55. The second kappa shape index (κ2) is 25.4. The number of thiazole rings is 1. The number of aromatic nitrogens is 1. The van der Waals surface area contributed by atoms with Gasteiger partial charge in [-0.1, -0.05) is 91.6 Å². The minimum atomic E-state index is -0.573. The predicted molar refractivity (Wildman–Crippen MR) is 205 cm³/mol. The van der Waals surface area contributed by atoms with Crippen LogP contribution in [0, 0.1) is 11.8 Å². The van der Waals surface area contributed by atoms with Crippen LogP contribution < -0.4 is 27.9 Å². The molecule has 0 bridgehead atoms. The van der Waals surface area contributed by atoms with E-state index in [4.69, 9.17) is 27.0 Å². The van der Waals surface area contributed by atoms with E-state index in [1.807, 2.05) is 35.2 Å². The molecule has 0 aliphatic rings. The number of rotatable bonds is 23. The van der Waals surface area contributed by atoms with Crippen molar-refractivity contribution in [2.75, 3.05) is 26.2 Å². The molecule has 2 unspecified atom stereocenters. The number of nitrogens with two attached hydrogens (primary N) is 3. The molecule has 1 aromatic carbocycles. The average molecular weight is 717 g/mol. The second-order valence-corrected chi connectivity index (χ2v) is 13.9. The number of hydrogen-bond donors (Lipinski definition) is 5. The van der Waals surface area contributed by atoms with Crippen molar-refractivity contribution in [2.45, 2.75) is 118 Å². The van der Waals surface area contributed by atoms with Crippen LogP contribution in [0.25, 0.3) is 0 Å². The van der Waals surface area contributed by atoms with Crippen LogP contribution in [0.4, 0.5) is 0 Å². The van der Waals surface area contributed by atoms with Gasteiger partial charge in [0.1, 0.15) is 22.6 Å². The second-order valence-electron chi connectivity index (χ2n) is 13.0. The van der Waals surface area contributed by atoms with E-state index in [0.717, 1.165) is 49.2 Å². The summed E-state index contributed by atoms with van der Waals surface area (Å²) in [6.07, 6.45) is 6.23. The maximum absolute atomic E-state index is 13.4. The lowest BCUT2D eigenvalue weighted by molar-refractivity contribution is -0.136. The topological polar surface area (TPSA) is 191 Å². The summed E-state index contributed by atoms with van der Waals surface area (Å²) in [5.74, 6) is 5.72. The molecule has 2 aromatic rings. The fourth-order valence-electron chi connectivity index (χ4n) is 5.21. The first kappa shape index (κ1) is 44.5. The summed E-state index contributed by atoms with van der Waals surface area (Å²) >= 11 is 1.40. The molecule has 0 radical (unpaired) electrons. The fraction of sp³-hybridized carbons (Fsp3) is 0.649. The highest BCUT2D eigenvalue weighted by Gasteiger charge is 2.31. The van der Waals surface area contributed by atoms with Crippen molar-refractivity contribution in [3.63, 3.8) is 0 Å². The fourth-order valence-corrected chi connectivity index (χ4v) is 6.07. The molecule has 1 heterocycles. The van der Waals surface area contributed by atoms with Crippen molar-refractivity contribution in [2.24, 2.45) is 34.2 Å². The van der Waals surface area contributed by atoms with E-state index in [1.54, 1.807) is 5.38 Å². The van der Waals surface area contributed by atoms with Gasteiger partial charge in [-0.05, 0) is 49.6 Å². The van der Waals surface area contributed by atoms with Gasteiger partial charge in [-0.3, -0.25) is 14.4 Å². The van der Waals surface area contributed by atoms with Gasteiger partial charge in [0.05, 0.1) is 12.6 Å². The number of unbranched alkanes of at least 4 members (excludes halogenated alkanes) is 1. The number of ether oxygens (including phenoxy) is 1. The van der Waals surface area contributed by atoms with Gasteiger partial charge < -0.3 is 37.6 Å². The number of carbonyl (C=O) groups is 3. The van der Waals surface area contributed by atoms with E-state index in [-0.39, 0.29) is 47.3 Å². The van der Waals surface area contributed by atoms with Crippen LogP contribution in [0.3, 0.4) is 0 Å². The Labute approximate surface area is 304 Å². The highest BCUT2D eigenvalue weighted by Crippen LogP contribution is 2.31. The average Bonchev–Trinajstić information content (AvgIpc) is 3.60. The summed E-state index contributed by atoms with van der Waals surface area (Å²) in [4.78, 5) is 43.5. The Kier molecular flexibility index (Phi) is 22.6. The van der Waals surface area contributed by atoms with Gasteiger partial charge in [0, 0.05) is 37.4 Å². The zero-order valence-electron chi connectivity index (χ0n) is 31.5. The zero-order valence-corrected chi connectivity index (χ0v) is 32.3. The van der Waals surface area contributed by atoms with Gasteiger partial charge in [0.2, 0.25) is 11.8 Å². The molecule has 8 N–H and O–H groups in total. The number of primary amides is 1. The summed E-state index contributed by atoms with van der Waals surface area (Å²) < 4.78 is 6.30. The number of amidine groups is 1. The summed E-state index contributed by atoms with van der Waals surface area (Å²) in [7, 11) is 0. The molecular formula is C37H64N8O4S. The Morgan fingerprint density at radius 2 is 1.72 bits per heavy atom. The van der Waals surface area contributed by atoms with Gasteiger partial charge in [-0.2, -0.15) is 5.10 Å². The number of nitrogens with zero attached hydrogens (tertiary/aromatic N) is 3. The molecule has 4 atom stereocenters. The third kappa shape index (κ3) is 16.9. The Morgan fingerprint density at radius 1 is 1.02 bits per heavy atom. The van der Waals surface area contributed by atoms with Crippen molar-refractivity contribution in [1.82, 2.24) is 20.5 Å². The molecule has 0 aliphatic heterocycles. The molecule has 0 aliphatic carbocycles. The molecule has 0 saturated carbocycles. The quantitative estimate of drug-likeness (QED) is 0.0344. The van der Waals surface area contributed by atoms with Gasteiger partial charge in [-0.15, -0.1) is 11.3 Å². The first-order valence-electron chi connectivity index (χ1n) is 18.1. The molecule has 282 valence electrons. The van der Waals surface area contributed by atoms with E-state index in [9.17, 15) is 14.4 Å². The molecular weight excluding hydrogens is 653 g/mol. The van der Waals surface area contributed by atoms with Crippen molar-refractivity contribution in [3.8, 4) is 0 Å². The predicted octanol–water partition coefficient (Wildman–Crippen LogP) is 5.13. The van der Waals surface area contributed by atoms with E-state index in [0.29, 0.717) is 44.9 Å². The zero-order chi connectivity index (χ0) is 37.5. The Bertz CT molecular complexity index is 1270. The maximum atomic E-state index is 13.4. The van der Waals surface area contributed by atoms with Crippen molar-refractivity contribution >= 4 is 34.9 Å². The molecule has 13 heteroatoms. The van der Waals surface area contributed by atoms with Crippen LogP contribution in [-0.2, 0) is 20.7 Å². The van der Waals surface area contributed by atoms with Crippen molar-refractivity contribution in [3.05, 3.63) is 52.0 Å². The van der Waals surface area contributed by atoms with Gasteiger partial charge >= 0.3 is 0 Å². The number of hydrazone groups is 1. The summed E-state index contributed by atoms with van der Waals surface area (Å²) in [6, 6.07) is 9.12. The highest BCUT2D eigenvalue weighted by atomic mass is 32.1. The molecule has 0 fully saturated rings. The SMILES string of the molecule is CCCCNCC(N)=O.CCCOC(CC(C(C)C)N(CCC)C(=O)C[C@@H](C)CC)c1nc(C(=O)N[C@@H](Cc2ccccc2)/C(N)=N/N)cs1. The van der Waals surface area contributed by atoms with E-state index < -0.39 is 6.04 Å². The standard InChI is InChI=1S/C31H50N6O3S.C6H14N2O/c1-7-15-37(28(38)17-22(6)9-3)26(21(4)5)19-27(40-16-8-2)31-35-25(20-41-31)30(39)34-24(29(32)36-33)18-23-13-11-10-12-14-23;1-2-3-4-8-5-6(7)9/h10-14,20-22,24,26-27H,7-9,15-19,33H2,1-6H3,(H2,32,36)(H,34,39);8H,2-5H2,1H3,(H2,7,9)/t22-,24-,26?,27?;/m0./s1. The molecule has 12 nitrogen and oxygen atoms in total. The minimum Gasteiger partial charge on any atom is -0.384 e. The number of nitrogens with one attached hydrogen (secondary N) is 2. The molecule has 2 rings (SSSR count). The van der Waals surface area contributed by atoms with E-state index in [1.165, 1.54) is 11.3 Å². The first-order valence-corrected chi connectivity index (χ1v) is 19.0. The third-order valence-electron chi connectivity index (χ3n) is 8.28. The minimum absolute atomic E-state index is 0.00893. The van der Waals surface area contributed by atoms with Crippen LogP contribution in [0.1, 0.15) is 121 Å². The summed E-state index contributed by atoms with van der Waals surface area (Å²) in [5.41, 5.74) is 12.2. The van der Waals surface area contributed by atoms with Gasteiger partial charge in [0.25, 0.3) is 5.91 Å². The van der Waals surface area contributed by atoms with Crippen LogP contribution >= 0.6 is 11.3 Å². The monoisotopic (exact) mass is 716 g/mol.